The molecule has 0 atom stereocenters. The standard InChI is InChI=1S/C26H30N6O3/c1-17(12-18(14-27-2)16-32-10-8-21(33)9-11-32)19-4-6-23-22(13-19)25(31-30-23)26(34)29-20-5-7-24(35-3)28-15-20/h4-7,12-15,21,33H,2,8-11,16H2,1,3H3,(H,29,34)(H,30,31)/b17-12+,18-14+. The Hall–Kier alpha value is -3.82. The van der Waals surface area contributed by atoms with Gasteiger partial charge in [-0.2, -0.15) is 5.10 Å². The molecule has 9 nitrogen and oxygen atoms in total. The van der Waals surface area contributed by atoms with Gasteiger partial charge in [-0.15, -0.1) is 0 Å². The van der Waals surface area contributed by atoms with Crippen LogP contribution in [-0.4, -0.2) is 70.7 Å². The van der Waals surface area contributed by atoms with Gasteiger partial charge in [0.05, 0.1) is 30.6 Å². The molecule has 35 heavy (non-hydrogen) atoms. The molecule has 0 unspecified atom stereocenters. The van der Waals surface area contributed by atoms with Crippen LogP contribution in [0.25, 0.3) is 16.5 Å². The first-order valence-electron chi connectivity index (χ1n) is 11.5. The maximum Gasteiger partial charge on any atom is 0.276 e. The van der Waals surface area contributed by atoms with Crippen LogP contribution in [0.2, 0.25) is 0 Å². The minimum atomic E-state index is -0.328. The molecule has 1 fully saturated rings. The molecule has 3 N–H and O–H groups in total. The molecular weight excluding hydrogens is 444 g/mol. The van der Waals surface area contributed by atoms with Gasteiger partial charge in [-0.25, -0.2) is 4.98 Å². The first kappa shape index (κ1) is 24.3. The number of pyridine rings is 1. The van der Waals surface area contributed by atoms with Crippen molar-refractivity contribution in [3.63, 3.8) is 0 Å². The number of rotatable bonds is 8. The van der Waals surface area contributed by atoms with Gasteiger partial charge in [0.2, 0.25) is 5.88 Å². The summed E-state index contributed by atoms with van der Waals surface area (Å²) < 4.78 is 5.06. The van der Waals surface area contributed by atoms with Gasteiger partial charge in [-0.05, 0) is 61.4 Å². The normalized spacial score (nSPS) is 15.9. The average Bonchev–Trinajstić information content (AvgIpc) is 3.29. The zero-order valence-corrected chi connectivity index (χ0v) is 20.0. The second kappa shape index (κ2) is 11.1. The van der Waals surface area contributed by atoms with Crippen LogP contribution in [0.4, 0.5) is 5.69 Å². The second-order valence-corrected chi connectivity index (χ2v) is 8.60. The van der Waals surface area contributed by atoms with E-state index in [0.717, 1.165) is 60.1 Å². The molecule has 1 aliphatic rings. The molecule has 2 aromatic heterocycles. The molecule has 3 heterocycles. The molecular formula is C26H30N6O3. The number of aromatic nitrogens is 3. The molecule has 0 aliphatic carbocycles. The Morgan fingerprint density at radius 2 is 2.14 bits per heavy atom. The van der Waals surface area contributed by atoms with Crippen molar-refractivity contribution in [3.05, 3.63) is 65.6 Å². The van der Waals surface area contributed by atoms with Crippen molar-refractivity contribution in [1.29, 1.82) is 0 Å². The fraction of sp³-hybridized carbons (Fsp3) is 0.308. The number of likely N-dealkylation sites (tertiary alicyclic amines) is 1. The van der Waals surface area contributed by atoms with E-state index in [4.69, 9.17) is 4.74 Å². The summed E-state index contributed by atoms with van der Waals surface area (Å²) in [4.78, 5) is 23.3. The van der Waals surface area contributed by atoms with Crippen LogP contribution in [0.3, 0.4) is 0 Å². The van der Waals surface area contributed by atoms with Crippen LogP contribution in [0.15, 0.2) is 59.4 Å². The fourth-order valence-corrected chi connectivity index (χ4v) is 4.14. The van der Waals surface area contributed by atoms with E-state index in [2.05, 4.69) is 43.2 Å². The SMILES string of the molecule is C=N/C=C(\C=C(/C)c1ccc2[nH]nc(C(=O)Nc3ccc(OC)nc3)c2c1)CN1CCC(O)CC1. The zero-order valence-electron chi connectivity index (χ0n) is 20.0. The van der Waals surface area contributed by atoms with Crippen molar-refractivity contribution in [3.8, 4) is 5.88 Å². The summed E-state index contributed by atoms with van der Waals surface area (Å²) in [5, 5.41) is 20.5. The number of allylic oxidation sites excluding steroid dienone is 1. The highest BCUT2D eigenvalue weighted by Gasteiger charge is 2.18. The Bertz CT molecular complexity index is 1250. The highest BCUT2D eigenvalue weighted by atomic mass is 16.5. The number of nitrogens with one attached hydrogen (secondary N) is 2. The number of aliphatic imine (C=N–C) groups is 1. The number of aliphatic hydroxyl groups is 1. The van der Waals surface area contributed by atoms with Gasteiger partial charge in [-0.1, -0.05) is 12.1 Å². The molecule has 1 aliphatic heterocycles. The van der Waals surface area contributed by atoms with Gasteiger partial charge in [-0.3, -0.25) is 19.8 Å². The lowest BCUT2D eigenvalue weighted by atomic mass is 10.0. The van der Waals surface area contributed by atoms with Crippen LogP contribution in [0.1, 0.15) is 35.8 Å². The number of aromatic amines is 1. The Morgan fingerprint density at radius 3 is 2.83 bits per heavy atom. The number of amides is 1. The molecule has 0 saturated carbocycles. The van der Waals surface area contributed by atoms with Crippen LogP contribution >= 0.6 is 0 Å². The quantitative estimate of drug-likeness (QED) is 0.339. The van der Waals surface area contributed by atoms with Crippen LogP contribution in [0.5, 0.6) is 5.88 Å². The van der Waals surface area contributed by atoms with E-state index in [1.807, 2.05) is 25.1 Å². The minimum absolute atomic E-state index is 0.206. The monoisotopic (exact) mass is 474 g/mol. The lowest BCUT2D eigenvalue weighted by molar-refractivity contribution is 0.0872. The third-order valence-electron chi connectivity index (χ3n) is 6.06. The third kappa shape index (κ3) is 6.00. The fourth-order valence-electron chi connectivity index (χ4n) is 4.14. The summed E-state index contributed by atoms with van der Waals surface area (Å²) in [5.74, 6) is 0.142. The Labute approximate surface area is 204 Å². The number of methoxy groups -OCH3 is 1. The maximum atomic E-state index is 12.9. The first-order chi connectivity index (χ1) is 17.0. The van der Waals surface area contributed by atoms with E-state index in [0.29, 0.717) is 17.3 Å². The summed E-state index contributed by atoms with van der Waals surface area (Å²) in [6, 6.07) is 9.28. The number of benzene rings is 1. The highest BCUT2D eigenvalue weighted by molar-refractivity contribution is 6.11. The molecule has 4 rings (SSSR count). The van der Waals surface area contributed by atoms with E-state index >= 15 is 0 Å². The highest BCUT2D eigenvalue weighted by Crippen LogP contribution is 2.25. The Morgan fingerprint density at radius 1 is 1.34 bits per heavy atom. The molecule has 0 radical (unpaired) electrons. The van der Waals surface area contributed by atoms with E-state index in [1.54, 1.807) is 18.3 Å². The first-order valence-corrected chi connectivity index (χ1v) is 11.5. The van der Waals surface area contributed by atoms with Gasteiger partial charge >= 0.3 is 0 Å². The molecule has 9 heteroatoms. The number of anilines is 1. The summed E-state index contributed by atoms with van der Waals surface area (Å²) in [6.07, 6.45) is 6.76. The number of hydrogen-bond acceptors (Lipinski definition) is 7. The van der Waals surface area contributed by atoms with Crippen molar-refractivity contribution >= 4 is 34.8 Å². The molecule has 1 saturated heterocycles. The molecule has 1 amide bonds. The predicted octanol–water partition coefficient (Wildman–Crippen LogP) is 3.66. The summed E-state index contributed by atoms with van der Waals surface area (Å²) in [5.41, 5.74) is 4.67. The maximum absolute atomic E-state index is 12.9. The smallest absolute Gasteiger partial charge is 0.276 e. The summed E-state index contributed by atoms with van der Waals surface area (Å²) in [6.45, 7) is 8.08. The van der Waals surface area contributed by atoms with Gasteiger partial charge in [0.1, 0.15) is 0 Å². The summed E-state index contributed by atoms with van der Waals surface area (Å²) in [7, 11) is 1.54. The van der Waals surface area contributed by atoms with E-state index < -0.39 is 0 Å². The lowest BCUT2D eigenvalue weighted by Gasteiger charge is -2.29. The average molecular weight is 475 g/mol. The predicted molar refractivity (Wildman–Crippen MR) is 138 cm³/mol. The Kier molecular flexibility index (Phi) is 7.69. The number of aliphatic hydroxyl groups excluding tert-OH is 1. The molecule has 0 bridgehead atoms. The Balaban J connectivity index is 1.54. The van der Waals surface area contributed by atoms with Gasteiger partial charge in [0.15, 0.2) is 5.69 Å². The molecule has 182 valence electrons. The van der Waals surface area contributed by atoms with Crippen molar-refractivity contribution < 1.29 is 14.6 Å². The summed E-state index contributed by atoms with van der Waals surface area (Å²) >= 11 is 0. The van der Waals surface area contributed by atoms with Gasteiger partial charge < -0.3 is 15.2 Å². The van der Waals surface area contributed by atoms with Gasteiger partial charge in [0, 0.05) is 37.3 Å². The number of carbonyl (C=O) groups is 1. The lowest BCUT2D eigenvalue weighted by Crippen LogP contribution is -2.36. The van der Waals surface area contributed by atoms with E-state index in [9.17, 15) is 9.90 Å². The zero-order chi connectivity index (χ0) is 24.8. The second-order valence-electron chi connectivity index (χ2n) is 8.60. The van der Waals surface area contributed by atoms with E-state index in [1.165, 1.54) is 13.3 Å². The minimum Gasteiger partial charge on any atom is -0.481 e. The van der Waals surface area contributed by atoms with Crippen molar-refractivity contribution in [2.24, 2.45) is 4.99 Å². The van der Waals surface area contributed by atoms with Gasteiger partial charge in [0.25, 0.3) is 5.91 Å². The number of ether oxygens (including phenoxy) is 1. The van der Waals surface area contributed by atoms with Crippen molar-refractivity contribution in [1.82, 2.24) is 20.1 Å². The van der Waals surface area contributed by atoms with Crippen LogP contribution in [-0.2, 0) is 0 Å². The number of hydrogen-bond donors (Lipinski definition) is 3. The topological polar surface area (TPSA) is 116 Å². The van der Waals surface area contributed by atoms with Crippen molar-refractivity contribution in [2.45, 2.75) is 25.9 Å². The van der Waals surface area contributed by atoms with Crippen LogP contribution < -0.4 is 10.1 Å². The number of H-pyrrole nitrogens is 1. The number of carbonyl (C=O) groups excluding carboxylic acids is 1. The third-order valence-corrected chi connectivity index (χ3v) is 6.06. The van der Waals surface area contributed by atoms with E-state index in [-0.39, 0.29) is 12.0 Å². The number of nitrogens with zero attached hydrogens (tertiary/aromatic N) is 4. The van der Waals surface area contributed by atoms with Crippen molar-refractivity contribution in [2.75, 3.05) is 32.1 Å². The largest absolute Gasteiger partial charge is 0.481 e. The molecule has 1 aromatic carbocycles. The number of fused-ring (bicyclic) bond motifs is 1. The van der Waals surface area contributed by atoms with Crippen LogP contribution in [0, 0.1) is 0 Å². The number of piperidine rings is 1. The molecule has 0 spiro atoms. The molecule has 3 aromatic rings.